The van der Waals surface area contributed by atoms with Crippen molar-refractivity contribution in [2.75, 3.05) is 13.7 Å². The summed E-state index contributed by atoms with van der Waals surface area (Å²) in [5.41, 5.74) is 0.293. The maximum absolute atomic E-state index is 14.2. The number of ether oxygens (including phenoxy) is 1. The van der Waals surface area contributed by atoms with Gasteiger partial charge in [-0.2, -0.15) is 0 Å². The topological polar surface area (TPSA) is 21.3 Å². The van der Waals surface area contributed by atoms with Crippen LogP contribution in [0.4, 0.5) is 8.78 Å². The molecule has 1 fully saturated rings. The van der Waals surface area contributed by atoms with E-state index in [-0.39, 0.29) is 6.04 Å². The van der Waals surface area contributed by atoms with Crippen molar-refractivity contribution in [3.63, 3.8) is 0 Å². The lowest BCUT2D eigenvalue weighted by atomic mass is 10.0. The molecule has 1 heterocycles. The molecule has 2 atom stereocenters. The Morgan fingerprint density at radius 2 is 2.31 bits per heavy atom. The average Bonchev–Trinajstić information content (AvgIpc) is 2.81. The summed E-state index contributed by atoms with van der Waals surface area (Å²) in [6.45, 7) is 0.822. The minimum absolute atomic E-state index is 0.226. The van der Waals surface area contributed by atoms with Crippen molar-refractivity contribution in [3.8, 4) is 5.75 Å². The van der Waals surface area contributed by atoms with Crippen LogP contribution in [0.25, 0.3) is 0 Å². The van der Waals surface area contributed by atoms with Crippen LogP contribution in [-0.2, 0) is 0 Å². The second-order valence-electron chi connectivity index (χ2n) is 3.99. The predicted octanol–water partition coefficient (Wildman–Crippen LogP) is 2.60. The van der Waals surface area contributed by atoms with Crippen LogP contribution in [0.15, 0.2) is 18.2 Å². The van der Waals surface area contributed by atoms with Gasteiger partial charge in [-0.05, 0) is 37.6 Å². The molecule has 0 aliphatic carbocycles. The van der Waals surface area contributed by atoms with E-state index in [9.17, 15) is 8.78 Å². The lowest BCUT2D eigenvalue weighted by Gasteiger charge is -2.18. The monoisotopic (exact) mass is 227 g/mol. The number of methoxy groups -OCH3 is 1. The first kappa shape index (κ1) is 11.3. The van der Waals surface area contributed by atoms with Crippen LogP contribution in [0.1, 0.15) is 24.6 Å². The molecule has 2 unspecified atom stereocenters. The summed E-state index contributed by atoms with van der Waals surface area (Å²) in [4.78, 5) is 0. The Kier molecular flexibility index (Phi) is 3.39. The average molecular weight is 227 g/mol. The van der Waals surface area contributed by atoms with E-state index >= 15 is 0 Å². The highest BCUT2D eigenvalue weighted by molar-refractivity contribution is 5.36. The van der Waals surface area contributed by atoms with E-state index in [4.69, 9.17) is 4.74 Å². The molecule has 16 heavy (non-hydrogen) atoms. The van der Waals surface area contributed by atoms with Gasteiger partial charge in [0.15, 0.2) is 0 Å². The van der Waals surface area contributed by atoms with Gasteiger partial charge in [0.1, 0.15) is 17.7 Å². The molecule has 1 N–H and O–H groups in total. The highest BCUT2D eigenvalue weighted by Gasteiger charge is 2.28. The molecule has 1 aromatic carbocycles. The molecule has 0 aromatic heterocycles. The summed E-state index contributed by atoms with van der Waals surface area (Å²) in [7, 11) is 1.46. The highest BCUT2D eigenvalue weighted by atomic mass is 19.1. The Labute approximate surface area is 93.6 Å². The normalized spacial score (nSPS) is 22.1. The van der Waals surface area contributed by atoms with E-state index in [0.717, 1.165) is 19.4 Å². The van der Waals surface area contributed by atoms with E-state index in [1.54, 1.807) is 0 Å². The van der Waals surface area contributed by atoms with Gasteiger partial charge < -0.3 is 10.1 Å². The molecular formula is C12H15F2NO. The van der Waals surface area contributed by atoms with Crippen LogP contribution in [0.3, 0.4) is 0 Å². The fourth-order valence-corrected chi connectivity index (χ4v) is 2.10. The summed E-state index contributed by atoms with van der Waals surface area (Å²) < 4.78 is 32.3. The van der Waals surface area contributed by atoms with E-state index in [1.807, 2.05) is 0 Å². The minimum Gasteiger partial charge on any atom is -0.496 e. The van der Waals surface area contributed by atoms with Crippen molar-refractivity contribution in [2.45, 2.75) is 25.1 Å². The van der Waals surface area contributed by atoms with Crippen molar-refractivity contribution in [1.29, 1.82) is 0 Å². The van der Waals surface area contributed by atoms with Crippen molar-refractivity contribution in [1.82, 2.24) is 5.32 Å². The van der Waals surface area contributed by atoms with Crippen LogP contribution in [-0.4, -0.2) is 19.7 Å². The van der Waals surface area contributed by atoms with Crippen molar-refractivity contribution < 1.29 is 13.5 Å². The van der Waals surface area contributed by atoms with Crippen molar-refractivity contribution >= 4 is 0 Å². The Bertz CT molecular complexity index is 364. The summed E-state index contributed by atoms with van der Waals surface area (Å²) in [6.07, 6.45) is 0.525. The third kappa shape index (κ3) is 2.16. The number of halogens is 2. The van der Waals surface area contributed by atoms with Crippen LogP contribution in [0.2, 0.25) is 0 Å². The van der Waals surface area contributed by atoms with Gasteiger partial charge in [0.25, 0.3) is 0 Å². The third-order valence-corrected chi connectivity index (χ3v) is 2.94. The smallest absolute Gasteiger partial charge is 0.144 e. The molecule has 0 radical (unpaired) electrons. The summed E-state index contributed by atoms with van der Waals surface area (Å²) in [5, 5.41) is 3.07. The second-order valence-corrected chi connectivity index (χ2v) is 3.99. The van der Waals surface area contributed by atoms with Crippen LogP contribution in [0, 0.1) is 5.82 Å². The lowest BCUT2D eigenvalue weighted by Crippen LogP contribution is -2.26. The molecule has 88 valence electrons. The maximum atomic E-state index is 14.2. The van der Waals surface area contributed by atoms with E-state index in [0.29, 0.717) is 11.3 Å². The van der Waals surface area contributed by atoms with Gasteiger partial charge in [0.05, 0.1) is 7.11 Å². The zero-order valence-corrected chi connectivity index (χ0v) is 9.17. The van der Waals surface area contributed by atoms with Gasteiger partial charge in [-0.15, -0.1) is 0 Å². The van der Waals surface area contributed by atoms with Crippen molar-refractivity contribution in [3.05, 3.63) is 29.6 Å². The highest BCUT2D eigenvalue weighted by Crippen LogP contribution is 2.33. The van der Waals surface area contributed by atoms with Crippen LogP contribution >= 0.6 is 0 Å². The number of rotatable bonds is 3. The molecule has 4 heteroatoms. The molecule has 1 aromatic rings. The first-order valence-corrected chi connectivity index (χ1v) is 5.43. The molecule has 0 amide bonds. The lowest BCUT2D eigenvalue weighted by molar-refractivity contribution is 0.261. The molecule has 0 spiro atoms. The number of alkyl halides is 1. The number of nitrogens with one attached hydrogen (secondary N) is 1. The van der Waals surface area contributed by atoms with Gasteiger partial charge in [-0.25, -0.2) is 8.78 Å². The van der Waals surface area contributed by atoms with Gasteiger partial charge in [-0.1, -0.05) is 0 Å². The standard InChI is InChI=1S/C12H15F2NO/c1-16-11-5-4-8(13)7-9(11)12(14)10-3-2-6-15-10/h4-5,7,10,12,15H,2-3,6H2,1H3. The van der Waals surface area contributed by atoms with Crippen LogP contribution in [0.5, 0.6) is 5.75 Å². The van der Waals surface area contributed by atoms with E-state index < -0.39 is 12.0 Å². The Balaban J connectivity index is 2.26. The van der Waals surface area contributed by atoms with Gasteiger partial charge >= 0.3 is 0 Å². The molecule has 1 aliphatic rings. The van der Waals surface area contributed by atoms with Gasteiger partial charge in [0.2, 0.25) is 0 Å². The molecule has 1 saturated heterocycles. The van der Waals surface area contributed by atoms with Crippen LogP contribution < -0.4 is 10.1 Å². The fraction of sp³-hybridized carbons (Fsp3) is 0.500. The van der Waals surface area contributed by atoms with Crippen molar-refractivity contribution in [2.24, 2.45) is 0 Å². The fourth-order valence-electron chi connectivity index (χ4n) is 2.10. The largest absolute Gasteiger partial charge is 0.496 e. The maximum Gasteiger partial charge on any atom is 0.144 e. The first-order chi connectivity index (χ1) is 7.72. The second kappa shape index (κ2) is 4.78. The summed E-state index contributed by atoms with van der Waals surface area (Å²) >= 11 is 0. The van der Waals surface area contributed by atoms with Gasteiger partial charge in [-0.3, -0.25) is 0 Å². The molecule has 0 bridgehead atoms. The SMILES string of the molecule is COc1ccc(F)cc1C(F)C1CCCN1. The Morgan fingerprint density at radius 1 is 1.50 bits per heavy atom. The van der Waals surface area contributed by atoms with Gasteiger partial charge in [0, 0.05) is 11.6 Å². The zero-order chi connectivity index (χ0) is 11.5. The number of hydrogen-bond acceptors (Lipinski definition) is 2. The van der Waals surface area contributed by atoms with E-state index in [2.05, 4.69) is 5.32 Å². The summed E-state index contributed by atoms with van der Waals surface area (Å²) in [5.74, 6) is -0.0287. The third-order valence-electron chi connectivity index (χ3n) is 2.94. The quantitative estimate of drug-likeness (QED) is 0.857. The molecule has 0 saturated carbocycles. The predicted molar refractivity (Wildman–Crippen MR) is 57.8 cm³/mol. The Morgan fingerprint density at radius 3 is 2.94 bits per heavy atom. The number of benzene rings is 1. The Hall–Kier alpha value is -1.16. The first-order valence-electron chi connectivity index (χ1n) is 5.43. The molecule has 2 rings (SSSR count). The molecule has 2 nitrogen and oxygen atoms in total. The molecular weight excluding hydrogens is 212 g/mol. The summed E-state index contributed by atoms with van der Waals surface area (Å²) in [6, 6.07) is 3.73. The molecule has 1 aliphatic heterocycles. The van der Waals surface area contributed by atoms with E-state index in [1.165, 1.54) is 25.3 Å². The minimum atomic E-state index is -1.21. The number of hydrogen-bond donors (Lipinski definition) is 1. The zero-order valence-electron chi connectivity index (χ0n) is 9.17.